The van der Waals surface area contributed by atoms with Gasteiger partial charge in [-0.05, 0) is 55.2 Å². The van der Waals surface area contributed by atoms with E-state index in [0.717, 1.165) is 13.0 Å². The van der Waals surface area contributed by atoms with Crippen LogP contribution in [0.15, 0.2) is 47.5 Å². The third-order valence-electron chi connectivity index (χ3n) is 5.36. The SMILES string of the molecule is CCNC(=NCc1cc(F)ccc1CS(C)(=O)=O)NCC(C)N1CCc2ccccc21.I. The second-order valence-corrected chi connectivity index (χ2v) is 10.1. The highest BCUT2D eigenvalue weighted by atomic mass is 127. The van der Waals surface area contributed by atoms with Crippen molar-refractivity contribution in [2.75, 3.05) is 30.8 Å². The third kappa shape index (κ3) is 7.33. The first-order valence-electron chi connectivity index (χ1n) is 10.6. The lowest BCUT2D eigenvalue weighted by molar-refractivity contribution is 0.600. The minimum Gasteiger partial charge on any atom is -0.366 e. The molecular formula is C23H32FIN4O2S. The Morgan fingerprint density at radius 2 is 1.94 bits per heavy atom. The Kier molecular flexibility index (Phi) is 9.75. The normalized spacial score (nSPS) is 14.5. The van der Waals surface area contributed by atoms with Gasteiger partial charge in [-0.15, -0.1) is 24.0 Å². The zero-order valence-corrected chi connectivity index (χ0v) is 21.9. The number of hydrogen-bond acceptors (Lipinski definition) is 4. The number of rotatable bonds is 8. The Morgan fingerprint density at radius 1 is 1.19 bits per heavy atom. The quantitative estimate of drug-likeness (QED) is 0.287. The molecule has 0 aliphatic carbocycles. The van der Waals surface area contributed by atoms with Gasteiger partial charge in [0, 0.05) is 37.6 Å². The van der Waals surface area contributed by atoms with Crippen molar-refractivity contribution in [3.63, 3.8) is 0 Å². The van der Waals surface area contributed by atoms with Gasteiger partial charge in [0.15, 0.2) is 15.8 Å². The maximum Gasteiger partial charge on any atom is 0.191 e. The van der Waals surface area contributed by atoms with Gasteiger partial charge in [-0.2, -0.15) is 0 Å². The first-order valence-corrected chi connectivity index (χ1v) is 12.6. The lowest BCUT2D eigenvalue weighted by Gasteiger charge is -2.28. The lowest BCUT2D eigenvalue weighted by Crippen LogP contribution is -2.45. The molecule has 2 aromatic rings. The number of aliphatic imine (C=N–C) groups is 1. The van der Waals surface area contributed by atoms with Crippen LogP contribution in [0.3, 0.4) is 0 Å². The molecule has 2 N–H and O–H groups in total. The summed E-state index contributed by atoms with van der Waals surface area (Å²) in [6.07, 6.45) is 2.23. The van der Waals surface area contributed by atoms with Gasteiger partial charge in [-0.1, -0.05) is 24.3 Å². The highest BCUT2D eigenvalue weighted by Gasteiger charge is 2.22. The van der Waals surface area contributed by atoms with E-state index in [9.17, 15) is 12.8 Å². The van der Waals surface area contributed by atoms with Gasteiger partial charge in [0.05, 0.1) is 12.3 Å². The molecule has 1 aliphatic heterocycles. The van der Waals surface area contributed by atoms with E-state index in [0.29, 0.717) is 30.2 Å². The van der Waals surface area contributed by atoms with Crippen LogP contribution >= 0.6 is 24.0 Å². The number of sulfone groups is 1. The average Bonchev–Trinajstić information content (AvgIpc) is 3.15. The Labute approximate surface area is 207 Å². The van der Waals surface area contributed by atoms with Crippen LogP contribution in [0.2, 0.25) is 0 Å². The number of fused-ring (bicyclic) bond motifs is 1. The highest BCUT2D eigenvalue weighted by Crippen LogP contribution is 2.28. The van der Waals surface area contributed by atoms with Crippen LogP contribution in [-0.4, -0.2) is 46.3 Å². The number of benzene rings is 2. The second-order valence-electron chi connectivity index (χ2n) is 7.98. The molecule has 0 bridgehead atoms. The van der Waals surface area contributed by atoms with Gasteiger partial charge in [0.25, 0.3) is 0 Å². The Morgan fingerprint density at radius 3 is 2.66 bits per heavy atom. The Hall–Kier alpha value is -1.88. The smallest absolute Gasteiger partial charge is 0.191 e. The van der Waals surface area contributed by atoms with Crippen LogP contribution in [0.4, 0.5) is 10.1 Å². The minimum atomic E-state index is -3.22. The summed E-state index contributed by atoms with van der Waals surface area (Å²) >= 11 is 0. The van der Waals surface area contributed by atoms with Crippen molar-refractivity contribution in [1.29, 1.82) is 0 Å². The fourth-order valence-electron chi connectivity index (χ4n) is 3.85. The van der Waals surface area contributed by atoms with Crippen molar-refractivity contribution in [1.82, 2.24) is 10.6 Å². The monoisotopic (exact) mass is 574 g/mol. The maximum atomic E-state index is 13.8. The topological polar surface area (TPSA) is 73.8 Å². The summed E-state index contributed by atoms with van der Waals surface area (Å²) in [5.74, 6) is 0.0890. The molecule has 1 atom stereocenters. The summed E-state index contributed by atoms with van der Waals surface area (Å²) in [6.45, 7) is 6.72. The number of hydrogen-bond donors (Lipinski definition) is 2. The summed E-state index contributed by atoms with van der Waals surface area (Å²) in [7, 11) is -3.22. The number of anilines is 1. The van der Waals surface area contributed by atoms with Crippen molar-refractivity contribution in [2.45, 2.75) is 38.6 Å². The van der Waals surface area contributed by atoms with Crippen LogP contribution in [0.5, 0.6) is 0 Å². The predicted octanol–water partition coefficient (Wildman–Crippen LogP) is 3.49. The molecule has 0 saturated carbocycles. The number of para-hydroxylation sites is 1. The van der Waals surface area contributed by atoms with Crippen molar-refractivity contribution < 1.29 is 12.8 Å². The second kappa shape index (κ2) is 11.8. The molecule has 176 valence electrons. The fraction of sp³-hybridized carbons (Fsp3) is 0.435. The van der Waals surface area contributed by atoms with E-state index in [-0.39, 0.29) is 42.3 Å². The van der Waals surface area contributed by atoms with E-state index in [2.05, 4.69) is 51.7 Å². The van der Waals surface area contributed by atoms with Crippen molar-refractivity contribution in [2.24, 2.45) is 4.99 Å². The van der Waals surface area contributed by atoms with Gasteiger partial charge >= 0.3 is 0 Å². The van der Waals surface area contributed by atoms with E-state index in [1.54, 1.807) is 0 Å². The lowest BCUT2D eigenvalue weighted by atomic mass is 10.1. The molecule has 9 heteroatoms. The Balaban J connectivity index is 0.00000363. The van der Waals surface area contributed by atoms with Crippen molar-refractivity contribution in [3.05, 3.63) is 65.0 Å². The Bertz CT molecular complexity index is 1050. The summed E-state index contributed by atoms with van der Waals surface area (Å²) in [5.41, 5.74) is 3.80. The van der Waals surface area contributed by atoms with Gasteiger partial charge in [0.2, 0.25) is 0 Å². The summed E-state index contributed by atoms with van der Waals surface area (Å²) < 4.78 is 37.2. The minimum absolute atomic E-state index is 0. The molecule has 0 fully saturated rings. The van der Waals surface area contributed by atoms with Crippen LogP contribution < -0.4 is 15.5 Å². The number of nitrogens with one attached hydrogen (secondary N) is 2. The fourth-order valence-corrected chi connectivity index (χ4v) is 4.69. The molecule has 0 radical (unpaired) electrons. The van der Waals surface area contributed by atoms with Crippen molar-refractivity contribution in [3.8, 4) is 0 Å². The molecule has 2 aromatic carbocycles. The molecule has 1 heterocycles. The van der Waals surface area contributed by atoms with E-state index >= 15 is 0 Å². The molecule has 6 nitrogen and oxygen atoms in total. The van der Waals surface area contributed by atoms with E-state index in [1.165, 1.54) is 35.7 Å². The molecule has 32 heavy (non-hydrogen) atoms. The molecule has 1 unspecified atom stereocenters. The molecule has 1 aliphatic rings. The predicted molar refractivity (Wildman–Crippen MR) is 140 cm³/mol. The number of halogens is 2. The van der Waals surface area contributed by atoms with Gasteiger partial charge in [-0.25, -0.2) is 17.8 Å². The molecule has 3 rings (SSSR count). The molecule has 0 saturated heterocycles. The summed E-state index contributed by atoms with van der Waals surface area (Å²) in [4.78, 5) is 6.96. The summed E-state index contributed by atoms with van der Waals surface area (Å²) in [5, 5.41) is 6.57. The maximum absolute atomic E-state index is 13.8. The van der Waals surface area contributed by atoms with E-state index in [1.807, 2.05) is 6.92 Å². The van der Waals surface area contributed by atoms with Gasteiger partial charge in [0.1, 0.15) is 5.82 Å². The van der Waals surface area contributed by atoms with Crippen LogP contribution in [0, 0.1) is 5.82 Å². The standard InChI is InChI=1S/C23H31FN4O2S.HI/c1-4-25-23(26-14-17(2)28-12-11-18-7-5-6-8-22(18)28)27-15-20-13-21(24)10-9-19(20)16-31(3,29)30;/h5-10,13,17H,4,11-12,14-16H2,1-3H3,(H2,25,26,27);1H. The van der Waals surface area contributed by atoms with Crippen LogP contribution in [-0.2, 0) is 28.6 Å². The van der Waals surface area contributed by atoms with Gasteiger partial charge in [-0.3, -0.25) is 0 Å². The molecule has 0 aromatic heterocycles. The van der Waals surface area contributed by atoms with Crippen LogP contribution in [0.25, 0.3) is 0 Å². The highest BCUT2D eigenvalue weighted by molar-refractivity contribution is 14.0. The first kappa shape index (κ1) is 26.4. The van der Waals surface area contributed by atoms with Crippen molar-refractivity contribution >= 4 is 45.5 Å². The largest absolute Gasteiger partial charge is 0.366 e. The zero-order valence-electron chi connectivity index (χ0n) is 18.8. The molecular weight excluding hydrogens is 542 g/mol. The third-order valence-corrected chi connectivity index (χ3v) is 6.19. The average molecular weight is 575 g/mol. The number of nitrogens with zero attached hydrogens (tertiary/aromatic N) is 2. The zero-order chi connectivity index (χ0) is 22.4. The first-order chi connectivity index (χ1) is 14.8. The van der Waals surface area contributed by atoms with Crippen LogP contribution in [0.1, 0.15) is 30.5 Å². The summed E-state index contributed by atoms with van der Waals surface area (Å²) in [6, 6.07) is 12.9. The van der Waals surface area contributed by atoms with E-state index in [4.69, 9.17) is 0 Å². The molecule has 0 amide bonds. The number of guanidine groups is 1. The molecule has 0 spiro atoms. The van der Waals surface area contributed by atoms with E-state index < -0.39 is 15.7 Å². The van der Waals surface area contributed by atoms with Gasteiger partial charge < -0.3 is 15.5 Å².